The Kier molecular flexibility index (Phi) is 11.8. The van der Waals surface area contributed by atoms with E-state index in [0.717, 1.165) is 41.5 Å². The van der Waals surface area contributed by atoms with Crippen molar-refractivity contribution >= 4 is 11.9 Å². The Hall–Kier alpha value is -3.50. The van der Waals surface area contributed by atoms with Crippen molar-refractivity contribution in [2.24, 2.45) is 0 Å². The average Bonchev–Trinajstić information content (AvgIpc) is 3.65. The van der Waals surface area contributed by atoms with E-state index < -0.39 is 24.4 Å². The zero-order valence-corrected chi connectivity index (χ0v) is 28.2. The highest BCUT2D eigenvalue weighted by Gasteiger charge is 2.51. The van der Waals surface area contributed by atoms with E-state index >= 15 is 0 Å². The van der Waals surface area contributed by atoms with Crippen LogP contribution >= 0.6 is 0 Å². The van der Waals surface area contributed by atoms with Gasteiger partial charge in [-0.25, -0.2) is 0 Å². The lowest BCUT2D eigenvalue weighted by molar-refractivity contribution is -0.155. The quantitative estimate of drug-likeness (QED) is 0.227. The fourth-order valence-corrected chi connectivity index (χ4v) is 6.22. The number of fused-ring (bicyclic) bond motifs is 1. The number of phenols is 2. The molecule has 2 N–H and O–H groups in total. The largest absolute Gasteiger partial charge is 0.504 e. The van der Waals surface area contributed by atoms with E-state index in [-0.39, 0.29) is 60.8 Å². The van der Waals surface area contributed by atoms with Crippen molar-refractivity contribution in [3.05, 3.63) is 46.5 Å². The minimum absolute atomic E-state index is 0.132. The van der Waals surface area contributed by atoms with E-state index in [1.54, 1.807) is 12.1 Å². The van der Waals surface area contributed by atoms with Gasteiger partial charge in [0.2, 0.25) is 0 Å². The van der Waals surface area contributed by atoms with Crippen LogP contribution in [0.1, 0.15) is 94.9 Å². The van der Waals surface area contributed by atoms with Gasteiger partial charge in [-0.2, -0.15) is 0 Å². The third-order valence-electron chi connectivity index (χ3n) is 9.86. The second-order valence-electron chi connectivity index (χ2n) is 12.7. The number of esters is 2. The molecule has 10 heteroatoms. The van der Waals surface area contributed by atoms with Crippen LogP contribution in [0.15, 0.2) is 24.3 Å². The molecule has 254 valence electrons. The number of methoxy groups -OCH3 is 2. The molecule has 0 amide bonds. The van der Waals surface area contributed by atoms with E-state index in [1.807, 2.05) is 26.0 Å². The van der Waals surface area contributed by atoms with E-state index in [4.69, 9.17) is 28.4 Å². The van der Waals surface area contributed by atoms with Crippen molar-refractivity contribution in [2.75, 3.05) is 27.4 Å². The molecular weight excluding hydrogens is 592 g/mol. The van der Waals surface area contributed by atoms with Gasteiger partial charge in [0.15, 0.2) is 35.2 Å². The monoisotopic (exact) mass is 642 g/mol. The maximum Gasteiger partial charge on any atom is 0.306 e. The number of ether oxygens (including phenoxy) is 6. The van der Waals surface area contributed by atoms with Crippen LogP contribution in [0.5, 0.6) is 23.0 Å². The molecule has 0 unspecified atom stereocenters. The van der Waals surface area contributed by atoms with Crippen molar-refractivity contribution in [3.63, 3.8) is 0 Å². The van der Waals surface area contributed by atoms with Gasteiger partial charge in [-0.3, -0.25) is 9.59 Å². The molecule has 0 aromatic heterocycles. The third-order valence-corrected chi connectivity index (χ3v) is 9.86. The topological polar surface area (TPSA) is 130 Å². The summed E-state index contributed by atoms with van der Waals surface area (Å²) in [5, 5.41) is 21.3. The minimum atomic E-state index is -0.599. The number of rotatable bonds is 15. The van der Waals surface area contributed by atoms with Gasteiger partial charge in [0.1, 0.15) is 12.2 Å². The molecule has 5 atom stereocenters. The van der Waals surface area contributed by atoms with E-state index in [0.29, 0.717) is 24.3 Å². The van der Waals surface area contributed by atoms with Crippen LogP contribution in [-0.4, -0.2) is 74.0 Å². The zero-order valence-electron chi connectivity index (χ0n) is 28.2. The molecule has 2 saturated heterocycles. The Morgan fingerprint density at radius 1 is 0.826 bits per heavy atom. The number of carbonyl (C=O) groups excluding carboxylic acids is 2. The predicted molar refractivity (Wildman–Crippen MR) is 172 cm³/mol. The number of hydrogen-bond acceptors (Lipinski definition) is 10. The molecule has 0 spiro atoms. The first-order chi connectivity index (χ1) is 22.0. The van der Waals surface area contributed by atoms with Crippen molar-refractivity contribution in [1.82, 2.24) is 0 Å². The molecule has 2 fully saturated rings. The first kappa shape index (κ1) is 35.4. The molecule has 10 nitrogen and oxygen atoms in total. The maximum absolute atomic E-state index is 12.9. The Labute approximate surface area is 272 Å². The van der Waals surface area contributed by atoms with Crippen LogP contribution < -0.4 is 9.47 Å². The molecule has 2 heterocycles. The molecule has 46 heavy (non-hydrogen) atoms. The average molecular weight is 643 g/mol. The van der Waals surface area contributed by atoms with Gasteiger partial charge in [-0.1, -0.05) is 46.8 Å². The fourth-order valence-electron chi connectivity index (χ4n) is 6.22. The molecule has 2 aromatic rings. The summed E-state index contributed by atoms with van der Waals surface area (Å²) in [7, 11) is 3.03. The number of aryl methyl sites for hydroxylation is 2. The smallest absolute Gasteiger partial charge is 0.306 e. The third kappa shape index (κ3) is 7.72. The Morgan fingerprint density at radius 3 is 1.76 bits per heavy atom. The highest BCUT2D eigenvalue weighted by atomic mass is 16.7. The van der Waals surface area contributed by atoms with Gasteiger partial charge in [-0.05, 0) is 66.7 Å². The summed E-state index contributed by atoms with van der Waals surface area (Å²) in [6, 6.07) is 7.37. The second kappa shape index (κ2) is 15.4. The SMILES string of the molecule is CC[C@@H](C)c1cc(CCC(=O)O[C@H]2CO[C@H]3[C@@H]2OC[C@H]3OC(=O)CCc2cc(OC)c(O)c(C(C)(CC)CC)c2)cc(OC)c1O. The summed E-state index contributed by atoms with van der Waals surface area (Å²) in [4.78, 5) is 25.7. The maximum atomic E-state index is 12.9. The molecule has 4 rings (SSSR count). The first-order valence-corrected chi connectivity index (χ1v) is 16.4. The molecule has 2 aromatic carbocycles. The Balaban J connectivity index is 1.29. The molecule has 0 saturated carbocycles. The van der Waals surface area contributed by atoms with Crippen LogP contribution in [0.2, 0.25) is 0 Å². The summed E-state index contributed by atoms with van der Waals surface area (Å²) in [5.41, 5.74) is 3.13. The highest BCUT2D eigenvalue weighted by molar-refractivity contribution is 5.71. The molecular formula is C36H50O10. The standard InChI is InChI=1S/C36H50O10/c1-8-21(4)24-15-22(17-26(41-6)32(24)39)11-13-30(37)45-28-19-43-35-29(20-44-34(28)35)46-31(38)14-12-23-16-25(36(5,9-2)10-3)33(40)27(18-23)42-7/h15-18,21,28-29,34-35,39-40H,8-14,19-20H2,1-7H3/t21-,28+,29-,34-,35-/m1/s1. The fraction of sp³-hybridized carbons (Fsp3) is 0.611. The van der Waals surface area contributed by atoms with Crippen molar-refractivity contribution in [1.29, 1.82) is 0 Å². The molecule has 0 aliphatic carbocycles. The number of phenolic OH excluding ortho intramolecular Hbond substituents is 2. The van der Waals surface area contributed by atoms with Gasteiger partial charge in [0.25, 0.3) is 0 Å². The Bertz CT molecular complexity index is 1370. The second-order valence-corrected chi connectivity index (χ2v) is 12.7. The molecule has 2 aliphatic heterocycles. The van der Waals surface area contributed by atoms with Gasteiger partial charge >= 0.3 is 11.9 Å². The zero-order chi connectivity index (χ0) is 33.6. The van der Waals surface area contributed by atoms with Gasteiger partial charge < -0.3 is 38.6 Å². The van der Waals surface area contributed by atoms with Crippen molar-refractivity contribution in [2.45, 2.75) is 115 Å². The summed E-state index contributed by atoms with van der Waals surface area (Å²) >= 11 is 0. The summed E-state index contributed by atoms with van der Waals surface area (Å²) in [5.74, 6) is 0.410. The van der Waals surface area contributed by atoms with Crippen LogP contribution in [0, 0.1) is 0 Å². The summed E-state index contributed by atoms with van der Waals surface area (Å²) in [6.07, 6.45) is 1.43. The van der Waals surface area contributed by atoms with E-state index in [9.17, 15) is 19.8 Å². The molecule has 0 radical (unpaired) electrons. The highest BCUT2D eigenvalue weighted by Crippen LogP contribution is 2.43. The van der Waals surface area contributed by atoms with E-state index in [2.05, 4.69) is 20.8 Å². The van der Waals surface area contributed by atoms with Crippen LogP contribution in [-0.2, 0) is 46.8 Å². The normalized spacial score (nSPS) is 21.5. The van der Waals surface area contributed by atoms with Crippen molar-refractivity contribution in [3.8, 4) is 23.0 Å². The Morgan fingerprint density at radius 2 is 1.30 bits per heavy atom. The molecule has 2 aliphatic rings. The molecule has 0 bridgehead atoms. The first-order valence-electron chi connectivity index (χ1n) is 16.4. The summed E-state index contributed by atoms with van der Waals surface area (Å²) < 4.78 is 34.0. The van der Waals surface area contributed by atoms with E-state index in [1.165, 1.54) is 14.2 Å². The van der Waals surface area contributed by atoms with Crippen LogP contribution in [0.3, 0.4) is 0 Å². The van der Waals surface area contributed by atoms with Gasteiger partial charge in [-0.15, -0.1) is 0 Å². The summed E-state index contributed by atoms with van der Waals surface area (Å²) in [6.45, 7) is 10.7. The lowest BCUT2D eigenvalue weighted by atomic mass is 9.76. The van der Waals surface area contributed by atoms with Crippen LogP contribution in [0.25, 0.3) is 0 Å². The van der Waals surface area contributed by atoms with Gasteiger partial charge in [0.05, 0.1) is 27.4 Å². The number of aromatic hydroxyl groups is 2. The predicted octanol–water partition coefficient (Wildman–Crippen LogP) is 5.89. The lowest BCUT2D eigenvalue weighted by Crippen LogP contribution is -2.36. The number of benzene rings is 2. The van der Waals surface area contributed by atoms with Crippen molar-refractivity contribution < 1.29 is 48.2 Å². The number of carbonyl (C=O) groups is 2. The minimum Gasteiger partial charge on any atom is -0.504 e. The number of hydrogen-bond donors (Lipinski definition) is 2. The lowest BCUT2D eigenvalue weighted by Gasteiger charge is -2.29. The van der Waals surface area contributed by atoms with Crippen LogP contribution in [0.4, 0.5) is 0 Å². The van der Waals surface area contributed by atoms with Gasteiger partial charge in [0, 0.05) is 24.0 Å².